The summed E-state index contributed by atoms with van der Waals surface area (Å²) in [5.41, 5.74) is 7.38. The predicted molar refractivity (Wildman–Crippen MR) is 102 cm³/mol. The molecule has 1 spiro atoms. The molecule has 0 aromatic carbocycles. The summed E-state index contributed by atoms with van der Waals surface area (Å²) in [5.74, 6) is 0.662. The maximum absolute atomic E-state index is 13.0. The minimum Gasteiger partial charge on any atom is -0.481 e. The molecule has 2 aromatic heterocycles. The summed E-state index contributed by atoms with van der Waals surface area (Å²) in [6.07, 6.45) is 3.04. The van der Waals surface area contributed by atoms with Gasteiger partial charge in [0.15, 0.2) is 0 Å². The van der Waals surface area contributed by atoms with Gasteiger partial charge in [-0.3, -0.25) is 14.6 Å². The largest absolute Gasteiger partial charge is 0.481 e. The summed E-state index contributed by atoms with van der Waals surface area (Å²) in [4.78, 5) is 38.2. The van der Waals surface area contributed by atoms with Crippen LogP contribution in [0, 0.1) is 0 Å². The zero-order valence-corrected chi connectivity index (χ0v) is 15.9. The van der Waals surface area contributed by atoms with E-state index >= 15 is 0 Å². The number of nitrogen functional groups attached to an aromatic ring is 1. The van der Waals surface area contributed by atoms with Crippen LogP contribution in [0.2, 0.25) is 0 Å². The van der Waals surface area contributed by atoms with Crippen molar-refractivity contribution in [3.63, 3.8) is 0 Å². The van der Waals surface area contributed by atoms with Crippen LogP contribution in [0.1, 0.15) is 40.9 Å². The normalized spacial score (nSPS) is 17.4. The van der Waals surface area contributed by atoms with Crippen molar-refractivity contribution in [2.75, 3.05) is 33.0 Å². The topological polar surface area (TPSA) is 123 Å². The molecule has 1 saturated heterocycles. The fourth-order valence-corrected chi connectivity index (χ4v) is 4.32. The third-order valence-electron chi connectivity index (χ3n) is 5.87. The van der Waals surface area contributed by atoms with Crippen LogP contribution in [0.15, 0.2) is 16.9 Å². The van der Waals surface area contributed by atoms with E-state index in [-0.39, 0.29) is 28.7 Å². The number of hydrogen-bond donors (Lipinski definition) is 2. The Bertz CT molecular complexity index is 979. The number of H-pyrrole nitrogens is 1. The summed E-state index contributed by atoms with van der Waals surface area (Å²) in [7, 11) is 2.99. The van der Waals surface area contributed by atoms with E-state index in [2.05, 4.69) is 15.0 Å². The van der Waals surface area contributed by atoms with Crippen LogP contribution < -0.4 is 20.8 Å². The number of nitrogens with one attached hydrogen (secondary N) is 1. The minimum absolute atomic E-state index is 0.126. The second kappa shape index (κ2) is 6.81. The highest BCUT2D eigenvalue weighted by molar-refractivity contribution is 5.96. The number of aromatic nitrogens is 3. The van der Waals surface area contributed by atoms with Gasteiger partial charge in [0.25, 0.3) is 11.5 Å². The van der Waals surface area contributed by atoms with Crippen molar-refractivity contribution in [3.8, 4) is 11.8 Å². The van der Waals surface area contributed by atoms with Gasteiger partial charge in [-0.2, -0.15) is 4.98 Å². The number of rotatable bonds is 3. The molecule has 28 heavy (non-hydrogen) atoms. The van der Waals surface area contributed by atoms with Crippen LogP contribution in [0.3, 0.4) is 0 Å². The first-order chi connectivity index (χ1) is 13.5. The highest BCUT2D eigenvalue weighted by Crippen LogP contribution is 2.44. The SMILES string of the molecule is COc1ccc(C(=O)N2CCC3(CCc4c3nc(N)[nH]c4=O)CC2)c(OC)n1. The van der Waals surface area contributed by atoms with Gasteiger partial charge in [-0.15, -0.1) is 0 Å². The smallest absolute Gasteiger partial charge is 0.259 e. The van der Waals surface area contributed by atoms with Gasteiger partial charge in [0, 0.05) is 30.1 Å². The van der Waals surface area contributed by atoms with Crippen molar-refractivity contribution in [3.05, 3.63) is 39.3 Å². The van der Waals surface area contributed by atoms with E-state index in [1.165, 1.54) is 14.2 Å². The van der Waals surface area contributed by atoms with E-state index in [1.807, 2.05) is 0 Å². The van der Waals surface area contributed by atoms with E-state index < -0.39 is 0 Å². The summed E-state index contributed by atoms with van der Waals surface area (Å²) in [6, 6.07) is 3.32. The molecule has 0 unspecified atom stereocenters. The third-order valence-corrected chi connectivity index (χ3v) is 5.87. The lowest BCUT2D eigenvalue weighted by Crippen LogP contribution is -2.45. The molecule has 1 aliphatic carbocycles. The lowest BCUT2D eigenvalue weighted by Gasteiger charge is -2.39. The molecule has 0 radical (unpaired) electrons. The molecule has 9 heteroatoms. The second-order valence-electron chi connectivity index (χ2n) is 7.26. The summed E-state index contributed by atoms with van der Waals surface area (Å²) in [5, 5.41) is 0. The highest BCUT2D eigenvalue weighted by Gasteiger charge is 2.44. The average Bonchev–Trinajstić information content (AvgIpc) is 3.05. The maximum Gasteiger partial charge on any atom is 0.259 e. The van der Waals surface area contributed by atoms with Gasteiger partial charge in [0.1, 0.15) is 5.56 Å². The number of amides is 1. The van der Waals surface area contributed by atoms with Gasteiger partial charge >= 0.3 is 0 Å². The first kappa shape index (κ1) is 18.3. The van der Waals surface area contributed by atoms with E-state index in [0.29, 0.717) is 31.0 Å². The van der Waals surface area contributed by atoms with Crippen LogP contribution in [-0.4, -0.2) is 53.1 Å². The monoisotopic (exact) mass is 385 g/mol. The van der Waals surface area contributed by atoms with Crippen molar-refractivity contribution in [2.45, 2.75) is 31.1 Å². The van der Waals surface area contributed by atoms with Gasteiger partial charge in [0.2, 0.25) is 17.7 Å². The van der Waals surface area contributed by atoms with E-state index in [1.54, 1.807) is 17.0 Å². The molecule has 0 saturated carbocycles. The van der Waals surface area contributed by atoms with E-state index in [9.17, 15) is 9.59 Å². The first-order valence-electron chi connectivity index (χ1n) is 9.25. The third kappa shape index (κ3) is 2.87. The summed E-state index contributed by atoms with van der Waals surface area (Å²) in [6.45, 7) is 1.14. The number of nitrogens with two attached hydrogens (primary N) is 1. The minimum atomic E-state index is -0.184. The summed E-state index contributed by atoms with van der Waals surface area (Å²) < 4.78 is 10.4. The highest BCUT2D eigenvalue weighted by atomic mass is 16.5. The number of ether oxygens (including phenoxy) is 2. The summed E-state index contributed by atoms with van der Waals surface area (Å²) >= 11 is 0. The molecule has 1 aliphatic heterocycles. The van der Waals surface area contributed by atoms with Crippen molar-refractivity contribution < 1.29 is 14.3 Å². The lowest BCUT2D eigenvalue weighted by atomic mass is 9.76. The number of carbonyl (C=O) groups is 1. The van der Waals surface area contributed by atoms with E-state index in [4.69, 9.17) is 15.2 Å². The molecule has 4 rings (SSSR count). The zero-order valence-electron chi connectivity index (χ0n) is 15.9. The number of fused-ring (bicyclic) bond motifs is 2. The van der Waals surface area contributed by atoms with Crippen LogP contribution in [0.4, 0.5) is 5.95 Å². The Balaban J connectivity index is 1.55. The van der Waals surface area contributed by atoms with Gasteiger partial charge < -0.3 is 20.1 Å². The lowest BCUT2D eigenvalue weighted by molar-refractivity contribution is 0.0659. The Kier molecular flexibility index (Phi) is 4.44. The van der Waals surface area contributed by atoms with Crippen LogP contribution in [0.5, 0.6) is 11.8 Å². The molecule has 0 atom stereocenters. The molecule has 0 bridgehead atoms. The molecule has 3 heterocycles. The van der Waals surface area contributed by atoms with Crippen molar-refractivity contribution >= 4 is 11.9 Å². The number of likely N-dealkylation sites (tertiary alicyclic amines) is 1. The number of pyridine rings is 1. The molecule has 1 amide bonds. The zero-order chi connectivity index (χ0) is 19.9. The second-order valence-corrected chi connectivity index (χ2v) is 7.26. The Morgan fingerprint density at radius 2 is 1.93 bits per heavy atom. The molecular formula is C19H23N5O4. The Morgan fingerprint density at radius 3 is 2.61 bits per heavy atom. The van der Waals surface area contributed by atoms with Gasteiger partial charge in [-0.05, 0) is 31.7 Å². The standard InChI is InChI=1S/C19H23N5O4/c1-27-13-4-3-12(16(21-13)28-2)17(26)24-9-7-19(8-10-24)6-5-11-14(19)22-18(20)23-15(11)25/h3-4H,5-10H2,1-2H3,(H3,20,22,23,25). The fraction of sp³-hybridized carbons (Fsp3) is 0.474. The molecule has 148 valence electrons. The fourth-order valence-electron chi connectivity index (χ4n) is 4.32. The van der Waals surface area contributed by atoms with Gasteiger partial charge in [-0.1, -0.05) is 0 Å². The Hall–Kier alpha value is -3.10. The van der Waals surface area contributed by atoms with Crippen LogP contribution >= 0.6 is 0 Å². The number of nitrogens with zero attached hydrogens (tertiary/aromatic N) is 3. The average molecular weight is 385 g/mol. The number of piperidine rings is 1. The molecule has 1 fully saturated rings. The van der Waals surface area contributed by atoms with Gasteiger partial charge in [0.05, 0.1) is 19.9 Å². The van der Waals surface area contributed by atoms with Crippen molar-refractivity contribution in [1.29, 1.82) is 0 Å². The maximum atomic E-state index is 13.0. The van der Waals surface area contributed by atoms with Crippen LogP contribution in [0.25, 0.3) is 0 Å². The molecule has 9 nitrogen and oxygen atoms in total. The number of aromatic amines is 1. The number of hydrogen-bond acceptors (Lipinski definition) is 7. The molecule has 2 aliphatic rings. The van der Waals surface area contributed by atoms with Crippen molar-refractivity contribution in [1.82, 2.24) is 19.9 Å². The molecule has 2 aromatic rings. The first-order valence-corrected chi connectivity index (χ1v) is 9.25. The predicted octanol–water partition coefficient (Wildman–Crippen LogP) is 0.885. The number of anilines is 1. The quantitative estimate of drug-likeness (QED) is 0.804. The number of carbonyl (C=O) groups excluding carboxylic acids is 1. The molecular weight excluding hydrogens is 362 g/mol. The Morgan fingerprint density at radius 1 is 1.18 bits per heavy atom. The number of methoxy groups -OCH3 is 2. The van der Waals surface area contributed by atoms with Gasteiger partial charge in [-0.25, -0.2) is 4.98 Å². The van der Waals surface area contributed by atoms with E-state index in [0.717, 1.165) is 30.5 Å². The van der Waals surface area contributed by atoms with Crippen molar-refractivity contribution in [2.24, 2.45) is 0 Å². The Labute approximate surface area is 161 Å². The van der Waals surface area contributed by atoms with Crippen LogP contribution in [-0.2, 0) is 11.8 Å². The molecule has 3 N–H and O–H groups in total.